The Labute approximate surface area is 251 Å². The highest BCUT2D eigenvalue weighted by Crippen LogP contribution is 2.33. The van der Waals surface area contributed by atoms with Gasteiger partial charge in [-0.2, -0.15) is 0 Å². The number of hydrogen-bond acceptors (Lipinski definition) is 6. The van der Waals surface area contributed by atoms with Crippen molar-refractivity contribution in [2.45, 2.75) is 62.4 Å². The Bertz CT molecular complexity index is 1390. The van der Waals surface area contributed by atoms with Crippen molar-refractivity contribution in [2.75, 3.05) is 29.5 Å². The Balaban J connectivity index is 1.12. The number of nitrogens with one attached hydrogen (secondary N) is 2. The molecule has 1 aliphatic carbocycles. The zero-order valence-corrected chi connectivity index (χ0v) is 24.6. The lowest BCUT2D eigenvalue weighted by atomic mass is 10.1. The number of fused-ring (bicyclic) bond motifs is 1. The first kappa shape index (κ1) is 29.7. The summed E-state index contributed by atoms with van der Waals surface area (Å²) < 4.78 is 5.49. The normalized spacial score (nSPS) is 14.0. The van der Waals surface area contributed by atoms with Crippen molar-refractivity contribution in [3.8, 4) is 5.75 Å². The fourth-order valence-electron chi connectivity index (χ4n) is 4.89. The van der Waals surface area contributed by atoms with Crippen LogP contribution < -0.4 is 21.1 Å². The van der Waals surface area contributed by atoms with Crippen molar-refractivity contribution in [3.63, 3.8) is 0 Å². The topological polar surface area (TPSA) is 114 Å². The summed E-state index contributed by atoms with van der Waals surface area (Å²) in [6, 6.07) is 20.7. The second-order valence-corrected chi connectivity index (χ2v) is 12.0. The molecule has 9 heteroatoms. The summed E-state index contributed by atoms with van der Waals surface area (Å²) in [4.78, 5) is 40.9. The lowest BCUT2D eigenvalue weighted by Gasteiger charge is -2.24. The molecule has 4 N–H and O–H groups in total. The number of anilines is 2. The van der Waals surface area contributed by atoms with E-state index in [1.807, 2.05) is 53.1 Å². The number of ether oxygens (including phenoxy) is 1. The first-order chi connectivity index (χ1) is 20.5. The van der Waals surface area contributed by atoms with Crippen LogP contribution in [-0.2, 0) is 11.3 Å². The maximum Gasteiger partial charge on any atom is 0.262 e. The molecule has 0 atom stereocenters. The SMILES string of the molecule is NCCCCCCCSc1ccc(NC(=O)c2ccc(CN(C(=O)c3ccc4c(c3)OCC(=O)N4)C3CC3)cc2)cc1. The number of thioether (sulfide) groups is 1. The molecular formula is C33H38N4O4S. The molecule has 0 bridgehead atoms. The van der Waals surface area contributed by atoms with Crippen LogP contribution >= 0.6 is 11.8 Å². The molecule has 1 aliphatic heterocycles. The van der Waals surface area contributed by atoms with Gasteiger partial charge in [-0.15, -0.1) is 11.8 Å². The third-order valence-electron chi connectivity index (χ3n) is 7.41. The third-order valence-corrected chi connectivity index (χ3v) is 8.51. The van der Waals surface area contributed by atoms with Crippen LogP contribution in [0.25, 0.3) is 0 Å². The molecule has 1 heterocycles. The van der Waals surface area contributed by atoms with Crippen molar-refractivity contribution < 1.29 is 19.1 Å². The Morgan fingerprint density at radius 3 is 2.38 bits per heavy atom. The first-order valence-corrected chi connectivity index (χ1v) is 15.7. The summed E-state index contributed by atoms with van der Waals surface area (Å²) >= 11 is 1.84. The molecule has 0 unspecified atom stereocenters. The van der Waals surface area contributed by atoms with Crippen molar-refractivity contribution in [1.29, 1.82) is 0 Å². The third kappa shape index (κ3) is 8.14. The molecule has 220 valence electrons. The number of nitrogens with zero attached hydrogens (tertiary/aromatic N) is 1. The van der Waals surface area contributed by atoms with Gasteiger partial charge in [-0.1, -0.05) is 31.4 Å². The van der Waals surface area contributed by atoms with Crippen molar-refractivity contribution in [2.24, 2.45) is 5.73 Å². The van der Waals surface area contributed by atoms with E-state index >= 15 is 0 Å². The number of benzene rings is 3. The highest BCUT2D eigenvalue weighted by atomic mass is 32.2. The fourth-order valence-corrected chi connectivity index (χ4v) is 5.80. The molecular weight excluding hydrogens is 548 g/mol. The lowest BCUT2D eigenvalue weighted by molar-refractivity contribution is -0.118. The molecule has 3 aromatic carbocycles. The molecule has 0 radical (unpaired) electrons. The van der Waals surface area contributed by atoms with E-state index in [-0.39, 0.29) is 30.4 Å². The molecule has 1 saturated carbocycles. The minimum absolute atomic E-state index is 0.0577. The van der Waals surface area contributed by atoms with Gasteiger partial charge in [0.25, 0.3) is 17.7 Å². The Morgan fingerprint density at radius 2 is 1.64 bits per heavy atom. The zero-order valence-electron chi connectivity index (χ0n) is 23.8. The number of carbonyl (C=O) groups excluding carboxylic acids is 3. The van der Waals surface area contributed by atoms with Gasteiger partial charge in [0, 0.05) is 34.3 Å². The van der Waals surface area contributed by atoms with Crippen molar-refractivity contribution in [1.82, 2.24) is 4.90 Å². The van der Waals surface area contributed by atoms with Crippen LogP contribution in [0.3, 0.4) is 0 Å². The van der Waals surface area contributed by atoms with Crippen LogP contribution in [0.1, 0.15) is 71.2 Å². The zero-order chi connectivity index (χ0) is 29.3. The lowest BCUT2D eigenvalue weighted by Crippen LogP contribution is -2.33. The van der Waals surface area contributed by atoms with Crippen molar-refractivity contribution in [3.05, 3.63) is 83.4 Å². The smallest absolute Gasteiger partial charge is 0.262 e. The van der Waals surface area contributed by atoms with Gasteiger partial charge in [0.1, 0.15) is 5.75 Å². The highest BCUT2D eigenvalue weighted by Gasteiger charge is 2.33. The maximum atomic E-state index is 13.4. The van der Waals surface area contributed by atoms with Crippen LogP contribution in [0.5, 0.6) is 5.75 Å². The molecule has 3 amide bonds. The summed E-state index contributed by atoms with van der Waals surface area (Å²) in [5.41, 5.74) is 8.91. The molecule has 0 spiro atoms. The van der Waals surface area contributed by atoms with E-state index in [1.54, 1.807) is 30.3 Å². The number of unbranched alkanes of at least 4 members (excludes halogenated alkanes) is 4. The summed E-state index contributed by atoms with van der Waals surface area (Å²) in [6.07, 6.45) is 7.94. The van der Waals surface area contributed by atoms with Gasteiger partial charge in [0.05, 0.1) is 5.69 Å². The minimum atomic E-state index is -0.207. The summed E-state index contributed by atoms with van der Waals surface area (Å²) in [5.74, 6) is 1.14. The van der Waals surface area contributed by atoms with Gasteiger partial charge in [-0.25, -0.2) is 0 Å². The van der Waals surface area contributed by atoms with Crippen LogP contribution in [0.4, 0.5) is 11.4 Å². The predicted molar refractivity (Wildman–Crippen MR) is 167 cm³/mol. The predicted octanol–water partition coefficient (Wildman–Crippen LogP) is 6.08. The Kier molecular flexibility index (Phi) is 10.2. The number of carbonyl (C=O) groups is 3. The first-order valence-electron chi connectivity index (χ1n) is 14.7. The number of hydrogen-bond donors (Lipinski definition) is 3. The molecule has 42 heavy (non-hydrogen) atoms. The van der Waals surface area contributed by atoms with Crippen LogP contribution in [-0.4, -0.2) is 47.6 Å². The van der Waals surface area contributed by atoms with Crippen LogP contribution in [0.2, 0.25) is 0 Å². The number of rotatable bonds is 14. The van der Waals surface area contributed by atoms with E-state index in [2.05, 4.69) is 10.6 Å². The molecule has 1 fully saturated rings. The number of nitrogens with two attached hydrogens (primary N) is 1. The van der Waals surface area contributed by atoms with Crippen molar-refractivity contribution >= 4 is 40.9 Å². The van der Waals surface area contributed by atoms with Gasteiger partial charge in [0.15, 0.2) is 6.61 Å². The summed E-state index contributed by atoms with van der Waals surface area (Å²) in [5, 5.41) is 5.73. The monoisotopic (exact) mass is 586 g/mol. The van der Waals surface area contributed by atoms with Gasteiger partial charge in [-0.05, 0) is 98.1 Å². The van der Waals surface area contributed by atoms with Gasteiger partial charge in [0.2, 0.25) is 0 Å². The fraction of sp³-hybridized carbons (Fsp3) is 0.364. The van der Waals surface area contributed by atoms with E-state index in [0.717, 1.165) is 42.8 Å². The standard InChI is InChI=1S/C33H38N4O4S/c34-18-4-2-1-3-5-19-42-28-15-11-26(12-16-28)35-32(39)24-8-6-23(7-9-24)21-37(27-13-14-27)33(40)25-10-17-29-30(20-25)41-22-31(38)36-29/h6-12,15-17,20,27H,1-5,13-14,18-19,21-22,34H2,(H,35,39)(H,36,38). The molecule has 5 rings (SSSR count). The van der Waals surface area contributed by atoms with E-state index in [1.165, 1.54) is 30.6 Å². The average Bonchev–Trinajstić information content (AvgIpc) is 3.85. The number of amides is 3. The average molecular weight is 587 g/mol. The van der Waals surface area contributed by atoms with Gasteiger partial charge < -0.3 is 26.0 Å². The summed E-state index contributed by atoms with van der Waals surface area (Å²) in [6.45, 7) is 1.17. The quantitative estimate of drug-likeness (QED) is 0.156. The largest absolute Gasteiger partial charge is 0.482 e. The molecule has 0 aromatic heterocycles. The molecule has 8 nitrogen and oxygen atoms in total. The molecule has 0 saturated heterocycles. The second kappa shape index (κ2) is 14.4. The van der Waals surface area contributed by atoms with Gasteiger partial charge >= 0.3 is 0 Å². The Hall–Kier alpha value is -3.82. The summed E-state index contributed by atoms with van der Waals surface area (Å²) in [7, 11) is 0. The van der Waals surface area contributed by atoms with E-state index in [0.29, 0.717) is 29.1 Å². The molecule has 3 aromatic rings. The Morgan fingerprint density at radius 1 is 0.929 bits per heavy atom. The van der Waals surface area contributed by atoms with Crippen LogP contribution in [0.15, 0.2) is 71.6 Å². The van der Waals surface area contributed by atoms with Crippen LogP contribution in [0, 0.1) is 0 Å². The molecule has 2 aliphatic rings. The van der Waals surface area contributed by atoms with E-state index in [9.17, 15) is 14.4 Å². The highest BCUT2D eigenvalue weighted by molar-refractivity contribution is 7.99. The van der Waals surface area contributed by atoms with E-state index < -0.39 is 0 Å². The van der Waals surface area contributed by atoms with E-state index in [4.69, 9.17) is 10.5 Å². The minimum Gasteiger partial charge on any atom is -0.482 e. The maximum absolute atomic E-state index is 13.4. The second-order valence-electron chi connectivity index (χ2n) is 10.8. The van der Waals surface area contributed by atoms with Gasteiger partial charge in [-0.3, -0.25) is 14.4 Å².